The first kappa shape index (κ1) is 12.7. The number of nitrogens with zero attached hydrogens (tertiary/aromatic N) is 2. The fourth-order valence-electron chi connectivity index (χ4n) is 2.13. The standard InChI is InChI=1S/C15H21N3/c1-3-6-13(2)11-17-14-7-4-5-8-15(14)18-10-9-16-12-18/h4-5,7-10,12-13,17H,3,6,11H2,1-2H3. The topological polar surface area (TPSA) is 29.9 Å². The molecule has 2 aromatic rings. The van der Waals surface area contributed by atoms with Gasteiger partial charge in [-0.05, 0) is 24.5 Å². The number of aromatic nitrogens is 2. The van der Waals surface area contributed by atoms with Crippen molar-refractivity contribution in [3.8, 4) is 5.69 Å². The predicted octanol–water partition coefficient (Wildman–Crippen LogP) is 3.72. The van der Waals surface area contributed by atoms with Crippen LogP contribution in [0, 0.1) is 5.92 Å². The molecule has 1 aromatic heterocycles. The predicted molar refractivity (Wildman–Crippen MR) is 76.1 cm³/mol. The highest BCUT2D eigenvalue weighted by Gasteiger charge is 2.05. The highest BCUT2D eigenvalue weighted by molar-refractivity contribution is 5.60. The average molecular weight is 243 g/mol. The van der Waals surface area contributed by atoms with Gasteiger partial charge >= 0.3 is 0 Å². The molecule has 1 N–H and O–H groups in total. The summed E-state index contributed by atoms with van der Waals surface area (Å²) in [4.78, 5) is 4.10. The van der Waals surface area contributed by atoms with Crippen LogP contribution in [0.5, 0.6) is 0 Å². The van der Waals surface area contributed by atoms with Crippen molar-refractivity contribution in [2.45, 2.75) is 26.7 Å². The van der Waals surface area contributed by atoms with Crippen LogP contribution in [0.4, 0.5) is 5.69 Å². The van der Waals surface area contributed by atoms with Crippen molar-refractivity contribution < 1.29 is 0 Å². The van der Waals surface area contributed by atoms with Gasteiger partial charge in [-0.15, -0.1) is 0 Å². The highest BCUT2D eigenvalue weighted by atomic mass is 15.1. The summed E-state index contributed by atoms with van der Waals surface area (Å²) >= 11 is 0. The second-order valence-corrected chi connectivity index (χ2v) is 4.76. The molecular weight excluding hydrogens is 222 g/mol. The van der Waals surface area contributed by atoms with Gasteiger partial charge in [0.05, 0.1) is 17.7 Å². The molecule has 1 unspecified atom stereocenters. The van der Waals surface area contributed by atoms with Crippen molar-refractivity contribution in [2.75, 3.05) is 11.9 Å². The molecule has 0 aliphatic heterocycles. The lowest BCUT2D eigenvalue weighted by Crippen LogP contribution is -2.12. The summed E-state index contributed by atoms with van der Waals surface area (Å²) in [6.45, 7) is 5.53. The van der Waals surface area contributed by atoms with E-state index in [0.29, 0.717) is 5.92 Å². The molecule has 0 bridgehead atoms. The third-order valence-electron chi connectivity index (χ3n) is 3.11. The zero-order chi connectivity index (χ0) is 12.8. The smallest absolute Gasteiger partial charge is 0.0992 e. The van der Waals surface area contributed by atoms with E-state index in [-0.39, 0.29) is 0 Å². The number of anilines is 1. The Morgan fingerprint density at radius 3 is 2.89 bits per heavy atom. The van der Waals surface area contributed by atoms with E-state index >= 15 is 0 Å². The van der Waals surface area contributed by atoms with Crippen LogP contribution in [-0.4, -0.2) is 16.1 Å². The molecule has 0 amide bonds. The molecule has 0 saturated carbocycles. The van der Waals surface area contributed by atoms with E-state index in [4.69, 9.17) is 0 Å². The van der Waals surface area contributed by atoms with E-state index in [2.05, 4.69) is 48.4 Å². The summed E-state index contributed by atoms with van der Waals surface area (Å²) in [5.41, 5.74) is 2.32. The molecule has 0 spiro atoms. The molecule has 1 atom stereocenters. The maximum atomic E-state index is 4.10. The Kier molecular flexibility index (Phi) is 4.40. The maximum Gasteiger partial charge on any atom is 0.0992 e. The molecule has 3 heteroatoms. The normalized spacial score (nSPS) is 12.3. The number of benzene rings is 1. The first-order valence-electron chi connectivity index (χ1n) is 6.62. The molecule has 1 heterocycles. The number of hydrogen-bond acceptors (Lipinski definition) is 2. The van der Waals surface area contributed by atoms with Gasteiger partial charge in [-0.2, -0.15) is 0 Å². The van der Waals surface area contributed by atoms with Gasteiger partial charge in [-0.1, -0.05) is 32.4 Å². The number of rotatable bonds is 6. The van der Waals surface area contributed by atoms with Crippen LogP contribution in [0.1, 0.15) is 26.7 Å². The minimum Gasteiger partial charge on any atom is -0.383 e. The minimum absolute atomic E-state index is 0.700. The molecule has 0 fully saturated rings. The van der Waals surface area contributed by atoms with Crippen LogP contribution >= 0.6 is 0 Å². The quantitative estimate of drug-likeness (QED) is 0.838. The molecule has 3 nitrogen and oxygen atoms in total. The zero-order valence-electron chi connectivity index (χ0n) is 11.1. The third kappa shape index (κ3) is 3.13. The lowest BCUT2D eigenvalue weighted by atomic mass is 10.1. The van der Waals surface area contributed by atoms with Crippen molar-refractivity contribution in [1.29, 1.82) is 0 Å². The first-order chi connectivity index (χ1) is 8.81. The largest absolute Gasteiger partial charge is 0.383 e. The van der Waals surface area contributed by atoms with Crippen molar-refractivity contribution in [3.63, 3.8) is 0 Å². The molecule has 18 heavy (non-hydrogen) atoms. The number of nitrogens with one attached hydrogen (secondary N) is 1. The summed E-state index contributed by atoms with van der Waals surface area (Å²) in [5, 5.41) is 3.54. The Labute approximate surface area is 109 Å². The van der Waals surface area contributed by atoms with Crippen LogP contribution in [-0.2, 0) is 0 Å². The van der Waals surface area contributed by atoms with Gasteiger partial charge in [0.2, 0.25) is 0 Å². The molecular formula is C15H21N3. The van der Waals surface area contributed by atoms with Crippen LogP contribution in [0.2, 0.25) is 0 Å². The summed E-state index contributed by atoms with van der Waals surface area (Å²) < 4.78 is 2.03. The van der Waals surface area contributed by atoms with Gasteiger partial charge in [-0.3, -0.25) is 0 Å². The second-order valence-electron chi connectivity index (χ2n) is 4.76. The van der Waals surface area contributed by atoms with E-state index in [1.165, 1.54) is 18.5 Å². The van der Waals surface area contributed by atoms with Gasteiger partial charge in [0.15, 0.2) is 0 Å². The Morgan fingerprint density at radius 2 is 2.17 bits per heavy atom. The van der Waals surface area contributed by atoms with E-state index in [1.807, 2.05) is 17.1 Å². The molecule has 0 aliphatic carbocycles. The van der Waals surface area contributed by atoms with Gasteiger partial charge < -0.3 is 9.88 Å². The Balaban J connectivity index is 2.09. The molecule has 0 radical (unpaired) electrons. The van der Waals surface area contributed by atoms with Crippen LogP contribution in [0.25, 0.3) is 5.69 Å². The van der Waals surface area contributed by atoms with Gasteiger partial charge in [0.1, 0.15) is 0 Å². The van der Waals surface area contributed by atoms with E-state index in [9.17, 15) is 0 Å². The van der Waals surface area contributed by atoms with Crippen molar-refractivity contribution in [2.24, 2.45) is 5.92 Å². The van der Waals surface area contributed by atoms with Crippen molar-refractivity contribution in [1.82, 2.24) is 9.55 Å². The lowest BCUT2D eigenvalue weighted by molar-refractivity contribution is 0.550. The SMILES string of the molecule is CCCC(C)CNc1ccccc1-n1ccnc1. The fraction of sp³-hybridized carbons (Fsp3) is 0.400. The van der Waals surface area contributed by atoms with Gasteiger partial charge in [0, 0.05) is 18.9 Å². The van der Waals surface area contributed by atoms with E-state index < -0.39 is 0 Å². The molecule has 0 saturated heterocycles. The van der Waals surface area contributed by atoms with Crippen molar-refractivity contribution in [3.05, 3.63) is 43.0 Å². The summed E-state index contributed by atoms with van der Waals surface area (Å²) in [6.07, 6.45) is 8.11. The summed E-state index contributed by atoms with van der Waals surface area (Å²) in [6, 6.07) is 8.34. The Morgan fingerprint density at radius 1 is 1.33 bits per heavy atom. The molecule has 0 aliphatic rings. The monoisotopic (exact) mass is 243 g/mol. The molecule has 2 rings (SSSR count). The Bertz CT molecular complexity index is 462. The number of imidazole rings is 1. The zero-order valence-corrected chi connectivity index (χ0v) is 11.1. The number of para-hydroxylation sites is 2. The fourth-order valence-corrected chi connectivity index (χ4v) is 2.13. The van der Waals surface area contributed by atoms with E-state index in [1.54, 1.807) is 6.20 Å². The maximum absolute atomic E-state index is 4.10. The second kappa shape index (κ2) is 6.24. The minimum atomic E-state index is 0.700. The lowest BCUT2D eigenvalue weighted by Gasteiger charge is -2.15. The van der Waals surface area contributed by atoms with Crippen LogP contribution < -0.4 is 5.32 Å². The molecule has 96 valence electrons. The summed E-state index contributed by atoms with van der Waals surface area (Å²) in [7, 11) is 0. The Hall–Kier alpha value is -1.77. The van der Waals surface area contributed by atoms with Gasteiger partial charge in [0.25, 0.3) is 0 Å². The van der Waals surface area contributed by atoms with E-state index in [0.717, 1.165) is 12.2 Å². The highest BCUT2D eigenvalue weighted by Crippen LogP contribution is 2.20. The van der Waals surface area contributed by atoms with Crippen LogP contribution in [0.15, 0.2) is 43.0 Å². The number of hydrogen-bond donors (Lipinski definition) is 1. The van der Waals surface area contributed by atoms with Crippen LogP contribution in [0.3, 0.4) is 0 Å². The average Bonchev–Trinajstić information content (AvgIpc) is 2.91. The molecule has 1 aromatic carbocycles. The van der Waals surface area contributed by atoms with Gasteiger partial charge in [-0.25, -0.2) is 4.98 Å². The third-order valence-corrected chi connectivity index (χ3v) is 3.11. The first-order valence-corrected chi connectivity index (χ1v) is 6.62. The summed E-state index contributed by atoms with van der Waals surface area (Å²) in [5.74, 6) is 0.700. The van der Waals surface area contributed by atoms with Crippen molar-refractivity contribution >= 4 is 5.69 Å².